The number of nitrogens with one attached hydrogen (secondary N) is 1. The molecule has 2 N–H and O–H groups in total. The number of carboxylic acid groups (broad SMARTS) is 1. The summed E-state index contributed by atoms with van der Waals surface area (Å²) in [6.07, 6.45) is 0.382. The smallest absolute Gasteiger partial charge is 0.303 e. The van der Waals surface area contributed by atoms with Crippen molar-refractivity contribution in [1.82, 2.24) is 15.0 Å². The second-order valence-electron chi connectivity index (χ2n) is 4.39. The van der Waals surface area contributed by atoms with Gasteiger partial charge in [-0.2, -0.15) is 5.10 Å². The molecule has 2 aromatic rings. The number of carbonyl (C=O) groups is 3. The summed E-state index contributed by atoms with van der Waals surface area (Å²) in [6, 6.07) is 3.43. The number of aromatic nitrogens is 3. The molecule has 0 spiro atoms. The first-order chi connectivity index (χ1) is 10.9. The molecule has 0 aliphatic carbocycles. The SMILES string of the molecule is O=C(O)CCC(=O)n1ncc(C(=O)Nc2ccc(F)cc2Cl)n1. The third-order valence-corrected chi connectivity index (χ3v) is 2.99. The van der Waals surface area contributed by atoms with E-state index in [1.54, 1.807) is 0 Å². The maximum absolute atomic E-state index is 12.9. The van der Waals surface area contributed by atoms with Gasteiger partial charge in [-0.25, -0.2) is 4.39 Å². The summed E-state index contributed by atoms with van der Waals surface area (Å²) in [4.78, 5) is 34.6. The van der Waals surface area contributed by atoms with Gasteiger partial charge < -0.3 is 10.4 Å². The molecule has 0 fully saturated rings. The van der Waals surface area contributed by atoms with Crippen molar-refractivity contribution in [3.63, 3.8) is 0 Å². The van der Waals surface area contributed by atoms with Gasteiger partial charge in [-0.3, -0.25) is 14.4 Å². The van der Waals surface area contributed by atoms with E-state index in [9.17, 15) is 18.8 Å². The lowest BCUT2D eigenvalue weighted by atomic mass is 10.3. The van der Waals surface area contributed by atoms with Crippen LogP contribution < -0.4 is 5.32 Å². The molecule has 0 saturated heterocycles. The fourth-order valence-electron chi connectivity index (χ4n) is 1.58. The fraction of sp³-hybridized carbons (Fsp3) is 0.154. The van der Waals surface area contributed by atoms with Gasteiger partial charge in [0, 0.05) is 6.42 Å². The number of hydrogen-bond donors (Lipinski definition) is 2. The predicted molar refractivity (Wildman–Crippen MR) is 76.9 cm³/mol. The van der Waals surface area contributed by atoms with E-state index in [2.05, 4.69) is 15.5 Å². The lowest BCUT2D eigenvalue weighted by molar-refractivity contribution is -0.137. The molecule has 0 radical (unpaired) electrons. The van der Waals surface area contributed by atoms with Crippen molar-refractivity contribution >= 4 is 35.1 Å². The van der Waals surface area contributed by atoms with Crippen molar-refractivity contribution in [1.29, 1.82) is 0 Å². The van der Waals surface area contributed by atoms with E-state index in [0.717, 1.165) is 18.3 Å². The summed E-state index contributed by atoms with van der Waals surface area (Å²) in [5, 5.41) is 18.2. The number of carboxylic acids is 1. The van der Waals surface area contributed by atoms with Crippen LogP contribution in [-0.2, 0) is 4.79 Å². The Balaban J connectivity index is 2.06. The van der Waals surface area contributed by atoms with Gasteiger partial charge in [0.05, 0.1) is 23.3 Å². The highest BCUT2D eigenvalue weighted by atomic mass is 35.5. The van der Waals surface area contributed by atoms with Crippen molar-refractivity contribution in [2.75, 3.05) is 5.32 Å². The molecule has 0 aliphatic rings. The van der Waals surface area contributed by atoms with Crippen LogP contribution in [0.4, 0.5) is 10.1 Å². The Morgan fingerprint density at radius 2 is 2.04 bits per heavy atom. The molecule has 0 atom stereocenters. The molecule has 0 aliphatic heterocycles. The highest BCUT2D eigenvalue weighted by Crippen LogP contribution is 2.22. The maximum atomic E-state index is 12.9. The van der Waals surface area contributed by atoms with E-state index in [-0.39, 0.29) is 29.2 Å². The molecule has 1 amide bonds. The van der Waals surface area contributed by atoms with Crippen LogP contribution in [0.15, 0.2) is 24.4 Å². The minimum absolute atomic E-state index is 0.00303. The first kappa shape index (κ1) is 16.6. The zero-order valence-electron chi connectivity index (χ0n) is 11.5. The van der Waals surface area contributed by atoms with Crippen LogP contribution >= 0.6 is 11.6 Å². The Morgan fingerprint density at radius 3 is 2.70 bits per heavy atom. The summed E-state index contributed by atoms with van der Waals surface area (Å²) in [5.74, 6) is -3.04. The van der Waals surface area contributed by atoms with Gasteiger partial charge in [-0.15, -0.1) is 9.90 Å². The van der Waals surface area contributed by atoms with Gasteiger partial charge in [0.15, 0.2) is 5.69 Å². The quantitative estimate of drug-likeness (QED) is 0.858. The number of hydrogen-bond acceptors (Lipinski definition) is 5. The molecule has 1 aromatic heterocycles. The number of anilines is 1. The van der Waals surface area contributed by atoms with Gasteiger partial charge >= 0.3 is 5.97 Å². The summed E-state index contributed by atoms with van der Waals surface area (Å²) < 4.78 is 12.9. The van der Waals surface area contributed by atoms with E-state index in [4.69, 9.17) is 16.7 Å². The molecule has 0 unspecified atom stereocenters. The average molecular weight is 341 g/mol. The molecular formula is C13H10ClFN4O4. The normalized spacial score (nSPS) is 10.3. The Kier molecular flexibility index (Phi) is 5.02. The van der Waals surface area contributed by atoms with Gasteiger partial charge in [0.2, 0.25) is 0 Å². The second kappa shape index (κ2) is 6.97. The Morgan fingerprint density at radius 1 is 1.30 bits per heavy atom. The number of aliphatic carboxylic acids is 1. The highest BCUT2D eigenvalue weighted by molar-refractivity contribution is 6.33. The van der Waals surface area contributed by atoms with Gasteiger partial charge in [0.25, 0.3) is 11.8 Å². The van der Waals surface area contributed by atoms with E-state index in [0.29, 0.717) is 4.80 Å². The fourth-order valence-corrected chi connectivity index (χ4v) is 1.79. The van der Waals surface area contributed by atoms with Gasteiger partial charge in [-0.05, 0) is 18.2 Å². The first-order valence-electron chi connectivity index (χ1n) is 6.30. The Hall–Kier alpha value is -2.81. The van der Waals surface area contributed by atoms with E-state index >= 15 is 0 Å². The molecule has 8 nitrogen and oxygen atoms in total. The number of benzene rings is 1. The Bertz CT molecular complexity index is 777. The zero-order chi connectivity index (χ0) is 17.0. The van der Waals surface area contributed by atoms with Crippen LogP contribution in [0.25, 0.3) is 0 Å². The highest BCUT2D eigenvalue weighted by Gasteiger charge is 2.16. The second-order valence-corrected chi connectivity index (χ2v) is 4.79. The first-order valence-corrected chi connectivity index (χ1v) is 6.68. The summed E-state index contributed by atoms with van der Waals surface area (Å²) >= 11 is 5.78. The largest absolute Gasteiger partial charge is 0.481 e. The van der Waals surface area contributed by atoms with Crippen LogP contribution in [0.1, 0.15) is 28.1 Å². The lowest BCUT2D eigenvalue weighted by Gasteiger charge is -2.05. The minimum atomic E-state index is -1.13. The molecule has 2 rings (SSSR count). The van der Waals surface area contributed by atoms with Gasteiger partial charge in [-0.1, -0.05) is 11.6 Å². The van der Waals surface area contributed by atoms with Crippen molar-refractivity contribution in [3.05, 3.63) is 40.9 Å². The third-order valence-electron chi connectivity index (χ3n) is 2.68. The number of halogens is 2. The summed E-state index contributed by atoms with van der Waals surface area (Å²) in [7, 11) is 0. The van der Waals surface area contributed by atoms with Crippen molar-refractivity contribution in [2.24, 2.45) is 0 Å². The van der Waals surface area contributed by atoms with Crippen LogP contribution in [-0.4, -0.2) is 37.9 Å². The van der Waals surface area contributed by atoms with E-state index in [1.165, 1.54) is 6.07 Å². The van der Waals surface area contributed by atoms with Crippen LogP contribution in [0.3, 0.4) is 0 Å². The third kappa shape index (κ3) is 4.33. The monoisotopic (exact) mass is 340 g/mol. The molecule has 0 bridgehead atoms. The Labute approximate surface area is 133 Å². The van der Waals surface area contributed by atoms with Gasteiger partial charge in [0.1, 0.15) is 5.82 Å². The lowest BCUT2D eigenvalue weighted by Crippen LogP contribution is -2.18. The number of carbonyl (C=O) groups excluding carboxylic acids is 2. The molecule has 10 heteroatoms. The number of amides is 1. The van der Waals surface area contributed by atoms with Crippen molar-refractivity contribution in [2.45, 2.75) is 12.8 Å². The number of rotatable bonds is 5. The van der Waals surface area contributed by atoms with Crippen molar-refractivity contribution < 1.29 is 23.9 Å². The van der Waals surface area contributed by atoms with Crippen LogP contribution in [0.2, 0.25) is 5.02 Å². The molecule has 1 aromatic carbocycles. The molecule has 0 saturated carbocycles. The maximum Gasteiger partial charge on any atom is 0.303 e. The van der Waals surface area contributed by atoms with E-state index in [1.807, 2.05) is 0 Å². The molecular weight excluding hydrogens is 331 g/mol. The summed E-state index contributed by atoms with van der Waals surface area (Å²) in [5.41, 5.74) is -0.00103. The average Bonchev–Trinajstić information content (AvgIpc) is 2.97. The molecule has 23 heavy (non-hydrogen) atoms. The topological polar surface area (TPSA) is 114 Å². The summed E-state index contributed by atoms with van der Waals surface area (Å²) in [6.45, 7) is 0. The minimum Gasteiger partial charge on any atom is -0.481 e. The number of nitrogens with zero attached hydrogens (tertiary/aromatic N) is 3. The standard InChI is InChI=1S/C13H10ClFN4O4/c14-8-5-7(15)1-2-9(8)17-13(23)10-6-16-19(18-10)11(20)3-4-12(21)22/h1-2,5-6H,3-4H2,(H,17,23)(H,21,22). The zero-order valence-corrected chi connectivity index (χ0v) is 12.2. The molecule has 120 valence electrons. The molecule has 1 heterocycles. The van der Waals surface area contributed by atoms with Crippen LogP contribution in [0, 0.1) is 5.82 Å². The van der Waals surface area contributed by atoms with Crippen molar-refractivity contribution in [3.8, 4) is 0 Å². The van der Waals surface area contributed by atoms with E-state index < -0.39 is 23.6 Å². The predicted octanol–water partition coefficient (Wildman–Crippen LogP) is 1.83. The van der Waals surface area contributed by atoms with Crippen LogP contribution in [0.5, 0.6) is 0 Å².